The molecule has 0 aliphatic heterocycles. The highest BCUT2D eigenvalue weighted by molar-refractivity contribution is 5.93. The lowest BCUT2D eigenvalue weighted by Crippen LogP contribution is -2.38. The number of carbonyl (C=O) groups excluding carboxylic acids is 2. The smallest absolute Gasteiger partial charge is 0.318 e. The highest BCUT2D eigenvalue weighted by atomic mass is 16.5. The van der Waals surface area contributed by atoms with Crippen LogP contribution in [0, 0.1) is 0 Å². The van der Waals surface area contributed by atoms with Crippen molar-refractivity contribution >= 4 is 11.9 Å². The largest absolute Gasteiger partial charge is 0.380 e. The second-order valence-electron chi connectivity index (χ2n) is 2.21. The van der Waals surface area contributed by atoms with Crippen LogP contribution in [-0.4, -0.2) is 31.7 Å². The molecule has 0 aromatic carbocycles. The number of nitrogens with one attached hydrogen (secondary N) is 1. The van der Waals surface area contributed by atoms with Crippen LogP contribution in [0.4, 0.5) is 4.79 Å². The molecule has 0 bridgehead atoms. The molecule has 0 saturated carbocycles. The van der Waals surface area contributed by atoms with Gasteiger partial charge in [-0.3, -0.25) is 10.1 Å². The maximum Gasteiger partial charge on any atom is 0.318 e. The minimum absolute atomic E-state index is 0.0376. The first-order chi connectivity index (χ1) is 5.60. The number of methoxy groups -OCH3 is 1. The Morgan fingerprint density at radius 3 is 2.50 bits per heavy atom. The molecule has 70 valence electrons. The van der Waals surface area contributed by atoms with E-state index in [1.54, 1.807) is 0 Å². The van der Waals surface area contributed by atoms with Crippen molar-refractivity contribution in [2.24, 2.45) is 11.5 Å². The van der Waals surface area contributed by atoms with E-state index in [0.717, 1.165) is 0 Å². The molecule has 1 unspecified atom stereocenters. The lowest BCUT2D eigenvalue weighted by molar-refractivity contribution is -0.122. The van der Waals surface area contributed by atoms with E-state index in [4.69, 9.17) is 16.2 Å². The van der Waals surface area contributed by atoms with E-state index in [-0.39, 0.29) is 19.1 Å². The van der Waals surface area contributed by atoms with Crippen molar-refractivity contribution in [3.8, 4) is 0 Å². The molecule has 1 atom stereocenters. The van der Waals surface area contributed by atoms with Gasteiger partial charge in [0.2, 0.25) is 5.91 Å². The molecule has 0 aromatic heterocycles. The standard InChI is InChI=1S/C6H13N3O3/c1-12-4(3-7)2-5(10)9-6(8)11/h4H,2-3,7H2,1H3,(H3,8,9,10,11). The number of urea groups is 1. The summed E-state index contributed by atoms with van der Waals surface area (Å²) in [5.74, 6) is -0.486. The van der Waals surface area contributed by atoms with E-state index in [0.29, 0.717) is 0 Å². The van der Waals surface area contributed by atoms with E-state index < -0.39 is 11.9 Å². The second kappa shape index (κ2) is 5.50. The van der Waals surface area contributed by atoms with Crippen molar-refractivity contribution in [1.82, 2.24) is 5.32 Å². The third-order valence-electron chi connectivity index (χ3n) is 1.27. The summed E-state index contributed by atoms with van der Waals surface area (Å²) < 4.78 is 4.81. The van der Waals surface area contributed by atoms with E-state index in [1.165, 1.54) is 7.11 Å². The van der Waals surface area contributed by atoms with Gasteiger partial charge in [0.05, 0.1) is 12.5 Å². The van der Waals surface area contributed by atoms with Gasteiger partial charge in [-0.2, -0.15) is 0 Å². The minimum atomic E-state index is -0.869. The fourth-order valence-corrected chi connectivity index (χ4v) is 0.658. The highest BCUT2D eigenvalue weighted by Crippen LogP contribution is 1.93. The first-order valence-electron chi connectivity index (χ1n) is 3.42. The summed E-state index contributed by atoms with van der Waals surface area (Å²) in [4.78, 5) is 21.0. The summed E-state index contributed by atoms with van der Waals surface area (Å²) in [6.07, 6.45) is -0.333. The molecular weight excluding hydrogens is 162 g/mol. The molecule has 5 N–H and O–H groups in total. The van der Waals surface area contributed by atoms with Crippen LogP contribution >= 0.6 is 0 Å². The molecule has 0 spiro atoms. The van der Waals surface area contributed by atoms with E-state index in [2.05, 4.69) is 0 Å². The van der Waals surface area contributed by atoms with Crippen LogP contribution in [0.25, 0.3) is 0 Å². The number of carbonyl (C=O) groups is 2. The number of amides is 3. The Kier molecular flexibility index (Phi) is 4.98. The van der Waals surface area contributed by atoms with Gasteiger partial charge in [-0.05, 0) is 0 Å². The monoisotopic (exact) mass is 175 g/mol. The molecule has 0 saturated heterocycles. The molecule has 0 rings (SSSR count). The van der Waals surface area contributed by atoms with Crippen LogP contribution in [0.3, 0.4) is 0 Å². The lowest BCUT2D eigenvalue weighted by Gasteiger charge is -2.10. The first-order valence-corrected chi connectivity index (χ1v) is 3.42. The predicted octanol–water partition coefficient (Wildman–Crippen LogP) is -1.45. The number of primary amides is 1. The molecule has 12 heavy (non-hydrogen) atoms. The Balaban J connectivity index is 3.74. The molecule has 0 aliphatic rings. The molecule has 3 amide bonds. The summed E-state index contributed by atoms with van der Waals surface area (Å²) in [6.45, 7) is 0.225. The zero-order valence-electron chi connectivity index (χ0n) is 6.87. The number of hydrogen-bond acceptors (Lipinski definition) is 4. The normalized spacial score (nSPS) is 12.2. The third kappa shape index (κ3) is 4.64. The Hall–Kier alpha value is -1.14. The van der Waals surface area contributed by atoms with Gasteiger partial charge in [0.15, 0.2) is 0 Å². The van der Waals surface area contributed by atoms with Gasteiger partial charge < -0.3 is 16.2 Å². The molecule has 0 aromatic rings. The topological polar surface area (TPSA) is 107 Å². The van der Waals surface area contributed by atoms with Crippen molar-refractivity contribution in [2.75, 3.05) is 13.7 Å². The average molecular weight is 175 g/mol. The highest BCUT2D eigenvalue weighted by Gasteiger charge is 2.11. The quantitative estimate of drug-likeness (QED) is 0.485. The molecular formula is C6H13N3O3. The van der Waals surface area contributed by atoms with Crippen LogP contribution in [0.15, 0.2) is 0 Å². The first kappa shape index (κ1) is 10.9. The van der Waals surface area contributed by atoms with Gasteiger partial charge in [0.1, 0.15) is 0 Å². The van der Waals surface area contributed by atoms with Crippen molar-refractivity contribution in [2.45, 2.75) is 12.5 Å². The Labute approximate surface area is 70.2 Å². The van der Waals surface area contributed by atoms with Gasteiger partial charge in [0.25, 0.3) is 0 Å². The van der Waals surface area contributed by atoms with Gasteiger partial charge in [0, 0.05) is 13.7 Å². The number of imide groups is 1. The number of ether oxygens (including phenoxy) is 1. The van der Waals surface area contributed by atoms with Crippen LogP contribution < -0.4 is 16.8 Å². The fraction of sp³-hybridized carbons (Fsp3) is 0.667. The SMILES string of the molecule is COC(CN)CC(=O)NC(N)=O. The number of nitrogens with two attached hydrogens (primary N) is 2. The molecule has 0 fully saturated rings. The van der Waals surface area contributed by atoms with Crippen LogP contribution in [-0.2, 0) is 9.53 Å². The maximum absolute atomic E-state index is 10.8. The van der Waals surface area contributed by atoms with E-state index in [1.807, 2.05) is 5.32 Å². The molecule has 0 aliphatic carbocycles. The van der Waals surface area contributed by atoms with Crippen molar-refractivity contribution < 1.29 is 14.3 Å². The summed E-state index contributed by atoms with van der Waals surface area (Å²) >= 11 is 0. The van der Waals surface area contributed by atoms with Gasteiger partial charge in [-0.1, -0.05) is 0 Å². The Morgan fingerprint density at radius 2 is 2.17 bits per heavy atom. The van der Waals surface area contributed by atoms with Crippen LogP contribution in [0.5, 0.6) is 0 Å². The molecule has 6 nitrogen and oxygen atoms in total. The second-order valence-corrected chi connectivity index (χ2v) is 2.21. The zero-order chi connectivity index (χ0) is 9.56. The lowest BCUT2D eigenvalue weighted by atomic mass is 10.2. The van der Waals surface area contributed by atoms with Crippen LogP contribution in [0.1, 0.15) is 6.42 Å². The van der Waals surface area contributed by atoms with Crippen LogP contribution in [0.2, 0.25) is 0 Å². The van der Waals surface area contributed by atoms with E-state index in [9.17, 15) is 9.59 Å². The van der Waals surface area contributed by atoms with Crippen molar-refractivity contribution in [3.05, 3.63) is 0 Å². The minimum Gasteiger partial charge on any atom is -0.380 e. The third-order valence-corrected chi connectivity index (χ3v) is 1.27. The Bertz CT molecular complexity index is 167. The summed E-state index contributed by atoms with van der Waals surface area (Å²) in [5, 5.41) is 1.91. The van der Waals surface area contributed by atoms with E-state index >= 15 is 0 Å². The average Bonchev–Trinajstić information content (AvgIpc) is 1.98. The molecule has 6 heteroatoms. The molecule has 0 heterocycles. The Morgan fingerprint density at radius 1 is 1.58 bits per heavy atom. The number of hydrogen-bond donors (Lipinski definition) is 3. The maximum atomic E-state index is 10.8. The fourth-order valence-electron chi connectivity index (χ4n) is 0.658. The number of rotatable bonds is 4. The molecule has 0 radical (unpaired) electrons. The van der Waals surface area contributed by atoms with Gasteiger partial charge in [-0.15, -0.1) is 0 Å². The zero-order valence-corrected chi connectivity index (χ0v) is 6.87. The van der Waals surface area contributed by atoms with Gasteiger partial charge >= 0.3 is 6.03 Å². The van der Waals surface area contributed by atoms with Crippen molar-refractivity contribution in [1.29, 1.82) is 0 Å². The van der Waals surface area contributed by atoms with Gasteiger partial charge in [-0.25, -0.2) is 4.79 Å². The predicted molar refractivity (Wildman–Crippen MR) is 42.2 cm³/mol. The summed E-state index contributed by atoms with van der Waals surface area (Å²) in [7, 11) is 1.44. The summed E-state index contributed by atoms with van der Waals surface area (Å²) in [5.41, 5.74) is 9.95. The summed E-state index contributed by atoms with van der Waals surface area (Å²) in [6, 6.07) is -0.869. The van der Waals surface area contributed by atoms with Crippen molar-refractivity contribution in [3.63, 3.8) is 0 Å².